The topological polar surface area (TPSA) is 116 Å². The molecule has 5 unspecified atom stereocenters. The van der Waals surface area contributed by atoms with E-state index < -0.39 is 11.5 Å². The molecule has 1 fully saturated rings. The van der Waals surface area contributed by atoms with Crippen molar-refractivity contribution in [3.8, 4) is 0 Å². The summed E-state index contributed by atoms with van der Waals surface area (Å²) in [5.74, 6) is -0.487. The number of aromatic nitrogens is 2. The van der Waals surface area contributed by atoms with Gasteiger partial charge in [-0.2, -0.15) is 0 Å². The molecule has 8 nitrogen and oxygen atoms in total. The Morgan fingerprint density at radius 2 is 2.03 bits per heavy atom. The van der Waals surface area contributed by atoms with Gasteiger partial charge in [0.15, 0.2) is 5.13 Å². The number of rotatable bonds is 7. The average Bonchev–Trinajstić information content (AvgIpc) is 3.25. The maximum atomic E-state index is 13.3. The van der Waals surface area contributed by atoms with E-state index in [0.717, 1.165) is 17.0 Å². The van der Waals surface area contributed by atoms with Crippen molar-refractivity contribution in [2.75, 3.05) is 25.0 Å². The molecule has 0 bridgehead atoms. The van der Waals surface area contributed by atoms with Crippen LogP contribution in [0.15, 0.2) is 18.3 Å². The van der Waals surface area contributed by atoms with Crippen molar-refractivity contribution in [2.45, 2.75) is 65.4 Å². The van der Waals surface area contributed by atoms with Gasteiger partial charge >= 0.3 is 0 Å². The van der Waals surface area contributed by atoms with Crippen LogP contribution in [0.5, 0.6) is 0 Å². The van der Waals surface area contributed by atoms with Crippen molar-refractivity contribution in [2.24, 2.45) is 16.7 Å². The van der Waals surface area contributed by atoms with Gasteiger partial charge in [-0.05, 0) is 56.6 Å². The number of carbonyl (C=O) groups excluding carboxylic acids is 2. The fourth-order valence-electron chi connectivity index (χ4n) is 6.29. The molecule has 2 aliphatic carbocycles. The zero-order valence-electron chi connectivity index (χ0n) is 21.3. The Hall–Kier alpha value is -2.07. The highest BCUT2D eigenvalue weighted by Crippen LogP contribution is 2.62. The molecule has 2 aromatic heterocycles. The van der Waals surface area contributed by atoms with Crippen LogP contribution in [0.1, 0.15) is 73.8 Å². The zero-order valence-corrected chi connectivity index (χ0v) is 22.8. The first-order chi connectivity index (χ1) is 17.1. The normalized spacial score (nSPS) is 29.2. The van der Waals surface area contributed by atoms with Gasteiger partial charge in [-0.15, -0.1) is 11.3 Å². The van der Waals surface area contributed by atoms with Crippen molar-refractivity contribution in [1.82, 2.24) is 14.9 Å². The molecule has 4 rings (SSSR count). The summed E-state index contributed by atoms with van der Waals surface area (Å²) in [4.78, 5) is 37.8. The Bertz CT molecular complexity index is 1140. The van der Waals surface area contributed by atoms with E-state index >= 15 is 0 Å². The number of aliphatic hydroxyl groups is 2. The second-order valence-corrected chi connectivity index (χ2v) is 11.9. The van der Waals surface area contributed by atoms with Crippen molar-refractivity contribution >= 4 is 39.9 Å². The molecule has 2 aliphatic rings. The van der Waals surface area contributed by atoms with Crippen LogP contribution in [0, 0.1) is 16.7 Å². The van der Waals surface area contributed by atoms with Crippen LogP contribution in [-0.4, -0.2) is 62.7 Å². The standard InChI is InChI=1S/C26H35ClN4O4S/c1-5-31(6-2)21(34)12-16-22-17(13-18-25(16,3)9-7-19(33)26(18,4)14-32)36-24(29-22)30-23(35)15-8-10-28-20(27)11-15/h8,10-11,16,18-19,32-33H,5-7,9,12-14H2,1-4H3,(H,29,30,35). The smallest absolute Gasteiger partial charge is 0.257 e. The number of nitrogens with one attached hydrogen (secondary N) is 1. The summed E-state index contributed by atoms with van der Waals surface area (Å²) in [6, 6.07) is 3.09. The van der Waals surface area contributed by atoms with Crippen molar-refractivity contribution < 1.29 is 19.8 Å². The first-order valence-electron chi connectivity index (χ1n) is 12.6. The Morgan fingerprint density at radius 3 is 2.67 bits per heavy atom. The predicted octanol–water partition coefficient (Wildman–Crippen LogP) is 4.12. The van der Waals surface area contributed by atoms with E-state index in [1.54, 1.807) is 6.07 Å². The molecule has 0 saturated heterocycles. The minimum absolute atomic E-state index is 0.0382. The SMILES string of the molecule is CCN(CC)C(=O)CC1c2nc(NC(=O)c3ccnc(Cl)c3)sc2CC2C(C)(CO)C(O)CCC12C. The first-order valence-corrected chi connectivity index (χ1v) is 13.8. The maximum absolute atomic E-state index is 13.3. The van der Waals surface area contributed by atoms with Gasteiger partial charge in [-0.3, -0.25) is 14.9 Å². The van der Waals surface area contributed by atoms with Gasteiger partial charge in [-0.25, -0.2) is 9.97 Å². The quantitative estimate of drug-likeness (QED) is 0.460. The molecule has 2 aromatic rings. The van der Waals surface area contributed by atoms with Crippen molar-refractivity contribution in [3.63, 3.8) is 0 Å². The third-order valence-corrected chi connectivity index (χ3v) is 9.81. The minimum atomic E-state index is -0.692. The lowest BCUT2D eigenvalue weighted by molar-refractivity contribution is -0.147. The number of aliphatic hydroxyl groups excluding tert-OH is 2. The third kappa shape index (κ3) is 4.66. The number of fused-ring (bicyclic) bond motifs is 2. The molecule has 0 spiro atoms. The molecule has 10 heteroatoms. The summed E-state index contributed by atoms with van der Waals surface area (Å²) in [6.45, 7) is 9.21. The van der Waals surface area contributed by atoms with Gasteiger partial charge in [0.1, 0.15) is 5.15 Å². The first kappa shape index (κ1) is 27.0. The van der Waals surface area contributed by atoms with Gasteiger partial charge in [0.2, 0.25) is 5.91 Å². The van der Waals surface area contributed by atoms with E-state index in [-0.39, 0.29) is 40.8 Å². The van der Waals surface area contributed by atoms with E-state index in [2.05, 4.69) is 17.2 Å². The van der Waals surface area contributed by atoms with Crippen molar-refractivity contribution in [1.29, 1.82) is 0 Å². The van der Waals surface area contributed by atoms with Crippen LogP contribution >= 0.6 is 22.9 Å². The molecule has 5 atom stereocenters. The highest BCUT2D eigenvalue weighted by atomic mass is 35.5. The van der Waals surface area contributed by atoms with Gasteiger partial charge in [0.05, 0.1) is 18.4 Å². The number of amides is 2. The molecule has 3 N–H and O–H groups in total. The third-order valence-electron chi connectivity index (χ3n) is 8.60. The fraction of sp³-hybridized carbons (Fsp3) is 0.615. The van der Waals surface area contributed by atoms with E-state index in [1.165, 1.54) is 23.6 Å². The molecule has 0 aliphatic heterocycles. The molecule has 0 aromatic carbocycles. The Balaban J connectivity index is 1.73. The highest BCUT2D eigenvalue weighted by Gasteiger charge is 2.59. The summed E-state index contributed by atoms with van der Waals surface area (Å²) in [5, 5.41) is 24.9. The van der Waals surface area contributed by atoms with E-state index in [4.69, 9.17) is 16.6 Å². The van der Waals surface area contributed by atoms with Crippen molar-refractivity contribution in [3.05, 3.63) is 39.6 Å². The van der Waals surface area contributed by atoms with Crippen LogP contribution in [0.4, 0.5) is 5.13 Å². The number of hydrogen-bond acceptors (Lipinski definition) is 7. The van der Waals surface area contributed by atoms with Gasteiger partial charge in [0, 0.05) is 47.5 Å². The number of hydrogen-bond donors (Lipinski definition) is 3. The van der Waals surface area contributed by atoms with Gasteiger partial charge in [-0.1, -0.05) is 25.4 Å². The minimum Gasteiger partial charge on any atom is -0.396 e. The second kappa shape index (κ2) is 10.4. The molecular formula is C26H35ClN4O4S. The number of nitrogens with zero attached hydrogens (tertiary/aromatic N) is 3. The second-order valence-electron chi connectivity index (χ2n) is 10.5. The molecule has 2 amide bonds. The average molecular weight is 535 g/mol. The monoisotopic (exact) mass is 534 g/mol. The lowest BCUT2D eigenvalue weighted by atomic mass is 9.47. The fourth-order valence-corrected chi connectivity index (χ4v) is 7.53. The van der Waals surface area contributed by atoms with E-state index in [0.29, 0.717) is 43.0 Å². The summed E-state index contributed by atoms with van der Waals surface area (Å²) in [7, 11) is 0. The molecular weight excluding hydrogens is 500 g/mol. The highest BCUT2D eigenvalue weighted by molar-refractivity contribution is 7.15. The van der Waals surface area contributed by atoms with Crippen LogP contribution in [0.2, 0.25) is 5.15 Å². The summed E-state index contributed by atoms with van der Waals surface area (Å²) >= 11 is 7.35. The van der Waals surface area contributed by atoms with Gasteiger partial charge < -0.3 is 15.1 Å². The lowest BCUT2D eigenvalue weighted by Gasteiger charge is -2.58. The van der Waals surface area contributed by atoms with Gasteiger partial charge in [0.25, 0.3) is 5.91 Å². The Labute approximate surface area is 221 Å². The number of pyridine rings is 1. The number of thiazole rings is 1. The maximum Gasteiger partial charge on any atom is 0.257 e. The lowest BCUT2D eigenvalue weighted by Crippen LogP contribution is -2.57. The molecule has 2 heterocycles. The molecule has 196 valence electrons. The zero-order chi connectivity index (χ0) is 26.3. The van der Waals surface area contributed by atoms with E-state index in [9.17, 15) is 19.8 Å². The Morgan fingerprint density at radius 1 is 1.31 bits per heavy atom. The van der Waals surface area contributed by atoms with Crippen LogP contribution in [0.3, 0.4) is 0 Å². The summed E-state index contributed by atoms with van der Waals surface area (Å²) in [5.41, 5.74) is 0.204. The van der Waals surface area contributed by atoms with Crippen LogP contribution in [-0.2, 0) is 11.2 Å². The predicted molar refractivity (Wildman–Crippen MR) is 140 cm³/mol. The summed E-state index contributed by atoms with van der Waals surface area (Å²) in [6.07, 6.45) is 3.08. The molecule has 36 heavy (non-hydrogen) atoms. The Kier molecular flexibility index (Phi) is 7.76. The molecule has 0 radical (unpaired) electrons. The summed E-state index contributed by atoms with van der Waals surface area (Å²) < 4.78 is 0. The number of carbonyl (C=O) groups is 2. The van der Waals surface area contributed by atoms with Crippen LogP contribution < -0.4 is 5.32 Å². The number of halogens is 1. The van der Waals surface area contributed by atoms with E-state index in [1.807, 2.05) is 25.7 Å². The molecule has 1 saturated carbocycles. The van der Waals surface area contributed by atoms with Crippen LogP contribution in [0.25, 0.3) is 0 Å². The largest absolute Gasteiger partial charge is 0.396 e. The number of anilines is 1.